The maximum Gasteiger partial charge on any atom is 0.239 e. The molecule has 1 aliphatic heterocycles. The predicted octanol–water partition coefficient (Wildman–Crippen LogP) is 0.487. The summed E-state index contributed by atoms with van der Waals surface area (Å²) in [6.07, 6.45) is 3.98. The van der Waals surface area contributed by atoms with Gasteiger partial charge in [-0.1, -0.05) is 19.8 Å². The molecule has 3 N–H and O–H groups in total. The SMILES string of the molecule is CCCC[C@H](N)C(=O)N1CCC(O)CC1. The van der Waals surface area contributed by atoms with Crippen LogP contribution in [0.1, 0.15) is 39.0 Å². The quantitative estimate of drug-likeness (QED) is 0.715. The molecular formula is C11H22N2O2. The first kappa shape index (κ1) is 12.5. The van der Waals surface area contributed by atoms with Gasteiger partial charge in [-0.25, -0.2) is 0 Å². The van der Waals surface area contributed by atoms with E-state index >= 15 is 0 Å². The molecule has 88 valence electrons. The summed E-state index contributed by atoms with van der Waals surface area (Å²) in [5.41, 5.74) is 5.82. The first-order valence-corrected chi connectivity index (χ1v) is 5.87. The first-order valence-electron chi connectivity index (χ1n) is 5.87. The van der Waals surface area contributed by atoms with Crippen LogP contribution in [0.25, 0.3) is 0 Å². The maximum atomic E-state index is 11.8. The maximum absolute atomic E-state index is 11.8. The van der Waals surface area contributed by atoms with Crippen molar-refractivity contribution in [3.8, 4) is 0 Å². The van der Waals surface area contributed by atoms with Crippen molar-refractivity contribution >= 4 is 5.91 Å². The average molecular weight is 214 g/mol. The van der Waals surface area contributed by atoms with Gasteiger partial charge in [-0.15, -0.1) is 0 Å². The van der Waals surface area contributed by atoms with Gasteiger partial charge in [0.25, 0.3) is 0 Å². The van der Waals surface area contributed by atoms with Crippen LogP contribution >= 0.6 is 0 Å². The number of aliphatic hydroxyl groups is 1. The van der Waals surface area contributed by atoms with Gasteiger partial charge in [0.1, 0.15) is 0 Å². The Morgan fingerprint density at radius 1 is 1.53 bits per heavy atom. The van der Waals surface area contributed by atoms with Gasteiger partial charge >= 0.3 is 0 Å². The molecule has 0 spiro atoms. The van der Waals surface area contributed by atoms with E-state index in [9.17, 15) is 9.90 Å². The number of aliphatic hydroxyl groups excluding tert-OH is 1. The summed E-state index contributed by atoms with van der Waals surface area (Å²) >= 11 is 0. The molecule has 0 saturated carbocycles. The summed E-state index contributed by atoms with van der Waals surface area (Å²) in [6, 6.07) is -0.347. The largest absolute Gasteiger partial charge is 0.393 e. The summed E-state index contributed by atoms with van der Waals surface area (Å²) in [7, 11) is 0. The van der Waals surface area contributed by atoms with Crippen molar-refractivity contribution < 1.29 is 9.90 Å². The van der Waals surface area contributed by atoms with Gasteiger partial charge in [-0.2, -0.15) is 0 Å². The van der Waals surface area contributed by atoms with Crippen LogP contribution in [0, 0.1) is 0 Å². The second-order valence-corrected chi connectivity index (χ2v) is 4.31. The van der Waals surface area contributed by atoms with Crippen molar-refractivity contribution in [1.82, 2.24) is 4.90 Å². The Labute approximate surface area is 91.4 Å². The Morgan fingerprint density at radius 3 is 2.67 bits per heavy atom. The second kappa shape index (κ2) is 6.08. The van der Waals surface area contributed by atoms with Crippen LogP contribution in [0.15, 0.2) is 0 Å². The average Bonchev–Trinajstić information content (AvgIpc) is 2.26. The van der Waals surface area contributed by atoms with Crippen molar-refractivity contribution in [1.29, 1.82) is 0 Å². The van der Waals surface area contributed by atoms with Crippen LogP contribution in [0.3, 0.4) is 0 Å². The molecule has 1 aliphatic rings. The molecule has 15 heavy (non-hydrogen) atoms. The fourth-order valence-electron chi connectivity index (χ4n) is 1.87. The summed E-state index contributed by atoms with van der Waals surface area (Å²) in [5, 5.41) is 9.32. The highest BCUT2D eigenvalue weighted by molar-refractivity contribution is 5.81. The number of hydrogen-bond donors (Lipinski definition) is 2. The third-order valence-corrected chi connectivity index (χ3v) is 2.96. The van der Waals surface area contributed by atoms with Crippen LogP contribution in [0.4, 0.5) is 0 Å². The number of likely N-dealkylation sites (tertiary alicyclic amines) is 1. The lowest BCUT2D eigenvalue weighted by atomic mass is 10.1. The van der Waals surface area contributed by atoms with Crippen molar-refractivity contribution in [3.63, 3.8) is 0 Å². The number of carbonyl (C=O) groups excluding carboxylic acids is 1. The van der Waals surface area contributed by atoms with Gasteiger partial charge in [-0.3, -0.25) is 4.79 Å². The minimum Gasteiger partial charge on any atom is -0.393 e. The zero-order chi connectivity index (χ0) is 11.3. The molecule has 0 aliphatic carbocycles. The molecule has 0 aromatic heterocycles. The van der Waals surface area contributed by atoms with Crippen LogP contribution in [-0.4, -0.2) is 41.1 Å². The van der Waals surface area contributed by atoms with Gasteiger partial charge in [0.05, 0.1) is 12.1 Å². The highest BCUT2D eigenvalue weighted by Gasteiger charge is 2.24. The van der Waals surface area contributed by atoms with E-state index in [-0.39, 0.29) is 18.1 Å². The first-order chi connectivity index (χ1) is 7.15. The van der Waals surface area contributed by atoms with E-state index in [1.165, 1.54) is 0 Å². The summed E-state index contributed by atoms with van der Waals surface area (Å²) in [5.74, 6) is 0.0513. The van der Waals surface area contributed by atoms with Crippen LogP contribution in [0.5, 0.6) is 0 Å². The van der Waals surface area contributed by atoms with Crippen molar-refractivity contribution in [2.75, 3.05) is 13.1 Å². The molecule has 4 heteroatoms. The number of nitrogens with two attached hydrogens (primary N) is 1. The number of rotatable bonds is 4. The Morgan fingerprint density at radius 2 is 2.13 bits per heavy atom. The third kappa shape index (κ3) is 3.80. The van der Waals surface area contributed by atoms with Crippen LogP contribution in [-0.2, 0) is 4.79 Å². The van der Waals surface area contributed by atoms with E-state index < -0.39 is 0 Å². The van der Waals surface area contributed by atoms with Crippen LogP contribution < -0.4 is 5.73 Å². The lowest BCUT2D eigenvalue weighted by Gasteiger charge is -2.31. The Hall–Kier alpha value is -0.610. The van der Waals surface area contributed by atoms with E-state index in [1.807, 2.05) is 0 Å². The molecule has 1 amide bonds. The van der Waals surface area contributed by atoms with Gasteiger partial charge in [0.2, 0.25) is 5.91 Å². The molecule has 0 aromatic rings. The van der Waals surface area contributed by atoms with Gasteiger partial charge in [0, 0.05) is 13.1 Å². The zero-order valence-corrected chi connectivity index (χ0v) is 9.48. The molecule has 4 nitrogen and oxygen atoms in total. The fraction of sp³-hybridized carbons (Fsp3) is 0.909. The normalized spacial score (nSPS) is 20.3. The Kier molecular flexibility index (Phi) is 5.05. The molecular weight excluding hydrogens is 192 g/mol. The van der Waals surface area contributed by atoms with E-state index in [0.29, 0.717) is 25.9 Å². The number of unbranched alkanes of at least 4 members (excludes halogenated alkanes) is 1. The van der Waals surface area contributed by atoms with E-state index in [2.05, 4.69) is 6.92 Å². The highest BCUT2D eigenvalue weighted by atomic mass is 16.3. The van der Waals surface area contributed by atoms with Crippen molar-refractivity contribution in [2.45, 2.75) is 51.2 Å². The van der Waals surface area contributed by atoms with E-state index in [4.69, 9.17) is 5.73 Å². The molecule has 1 rings (SSSR count). The molecule has 0 radical (unpaired) electrons. The van der Waals surface area contributed by atoms with Crippen molar-refractivity contribution in [2.24, 2.45) is 5.73 Å². The molecule has 1 fully saturated rings. The highest BCUT2D eigenvalue weighted by Crippen LogP contribution is 2.12. The standard InChI is InChI=1S/C11H22N2O2/c1-2-3-4-10(12)11(15)13-7-5-9(14)6-8-13/h9-10,14H,2-8,12H2,1H3/t10-/m0/s1. The van der Waals surface area contributed by atoms with Gasteiger partial charge in [0.15, 0.2) is 0 Å². The Bertz CT molecular complexity index is 201. The molecule has 1 saturated heterocycles. The minimum atomic E-state index is -0.347. The minimum absolute atomic E-state index is 0.0513. The molecule has 1 heterocycles. The van der Waals surface area contributed by atoms with Gasteiger partial charge in [-0.05, 0) is 19.3 Å². The van der Waals surface area contributed by atoms with Crippen LogP contribution in [0.2, 0.25) is 0 Å². The summed E-state index contributed by atoms with van der Waals surface area (Å²) in [6.45, 7) is 3.40. The summed E-state index contributed by atoms with van der Waals surface area (Å²) in [4.78, 5) is 13.6. The Balaban J connectivity index is 2.32. The number of piperidine rings is 1. The van der Waals surface area contributed by atoms with Gasteiger partial charge < -0.3 is 15.7 Å². The third-order valence-electron chi connectivity index (χ3n) is 2.96. The lowest BCUT2D eigenvalue weighted by molar-refractivity contribution is -0.134. The molecule has 0 unspecified atom stereocenters. The van der Waals surface area contributed by atoms with E-state index in [1.54, 1.807) is 4.90 Å². The number of hydrogen-bond acceptors (Lipinski definition) is 3. The molecule has 0 bridgehead atoms. The second-order valence-electron chi connectivity index (χ2n) is 4.31. The fourth-order valence-corrected chi connectivity index (χ4v) is 1.87. The number of amides is 1. The van der Waals surface area contributed by atoms with Crippen molar-refractivity contribution in [3.05, 3.63) is 0 Å². The zero-order valence-electron chi connectivity index (χ0n) is 9.48. The monoisotopic (exact) mass is 214 g/mol. The topological polar surface area (TPSA) is 66.6 Å². The predicted molar refractivity (Wildman–Crippen MR) is 59.3 cm³/mol. The molecule has 0 aromatic carbocycles. The lowest BCUT2D eigenvalue weighted by Crippen LogP contribution is -2.47. The van der Waals surface area contributed by atoms with E-state index in [0.717, 1.165) is 19.3 Å². The number of nitrogens with zero attached hydrogens (tertiary/aromatic N) is 1. The summed E-state index contributed by atoms with van der Waals surface area (Å²) < 4.78 is 0. The number of carbonyl (C=O) groups is 1. The smallest absolute Gasteiger partial charge is 0.239 e. The molecule has 1 atom stereocenters.